The summed E-state index contributed by atoms with van der Waals surface area (Å²) in [7, 11) is 0. The van der Waals surface area contributed by atoms with Crippen molar-refractivity contribution in [3.05, 3.63) is 34.4 Å². The summed E-state index contributed by atoms with van der Waals surface area (Å²) in [5.74, 6) is -1.01. The molecule has 0 saturated carbocycles. The number of nitriles is 1. The Balaban J connectivity index is 3.40. The minimum absolute atomic E-state index is 0.168. The molecule has 0 atom stereocenters. The van der Waals surface area contributed by atoms with Crippen LogP contribution in [-0.2, 0) is 6.54 Å². The Morgan fingerprint density at radius 2 is 2.29 bits per heavy atom. The normalized spacial score (nSPS) is 9.50. The van der Waals surface area contributed by atoms with Crippen molar-refractivity contribution in [2.45, 2.75) is 13.5 Å². The van der Waals surface area contributed by atoms with E-state index >= 15 is 0 Å². The van der Waals surface area contributed by atoms with E-state index < -0.39 is 5.97 Å². The van der Waals surface area contributed by atoms with Gasteiger partial charge in [0.2, 0.25) is 0 Å². The minimum atomic E-state index is -1.01. The Morgan fingerprint density at radius 3 is 2.71 bits per heavy atom. The van der Waals surface area contributed by atoms with Crippen molar-refractivity contribution < 1.29 is 9.90 Å². The van der Waals surface area contributed by atoms with Crippen molar-refractivity contribution in [1.82, 2.24) is 0 Å². The molecule has 0 heterocycles. The van der Waals surface area contributed by atoms with Crippen LogP contribution in [0.4, 0.5) is 0 Å². The largest absolute Gasteiger partial charge is 0.478 e. The molecule has 1 rings (SSSR count). The fraction of sp³-hybridized carbons (Fsp3) is 0.200. The fourth-order valence-electron chi connectivity index (χ4n) is 1.30. The highest BCUT2D eigenvalue weighted by Gasteiger charge is 2.10. The molecule has 0 unspecified atom stereocenters. The van der Waals surface area contributed by atoms with Gasteiger partial charge in [0.25, 0.3) is 0 Å². The Kier molecular flexibility index (Phi) is 2.85. The van der Waals surface area contributed by atoms with Crippen LogP contribution in [0.25, 0.3) is 0 Å². The first-order chi connectivity index (χ1) is 6.60. The van der Waals surface area contributed by atoms with Gasteiger partial charge in [0.05, 0.1) is 17.2 Å². The minimum Gasteiger partial charge on any atom is -0.478 e. The summed E-state index contributed by atoms with van der Waals surface area (Å²) in [5, 5.41) is 17.6. The lowest BCUT2D eigenvalue weighted by atomic mass is 9.99. The molecule has 0 amide bonds. The Hall–Kier alpha value is -1.86. The molecule has 0 spiro atoms. The first-order valence-electron chi connectivity index (χ1n) is 4.07. The van der Waals surface area contributed by atoms with Gasteiger partial charge in [-0.05, 0) is 30.2 Å². The van der Waals surface area contributed by atoms with Crippen LogP contribution in [0.1, 0.15) is 27.0 Å². The number of hydrogen-bond donors (Lipinski definition) is 2. The van der Waals surface area contributed by atoms with E-state index in [1.165, 1.54) is 12.1 Å². The SMILES string of the molecule is Cc1cc(C(=O)O)cc(CN)c1C#N. The summed E-state index contributed by atoms with van der Waals surface area (Å²) in [6.45, 7) is 1.87. The smallest absolute Gasteiger partial charge is 0.335 e. The first kappa shape index (κ1) is 10.2. The van der Waals surface area contributed by atoms with Crippen LogP contribution in [0.2, 0.25) is 0 Å². The van der Waals surface area contributed by atoms with E-state index in [9.17, 15) is 4.79 Å². The summed E-state index contributed by atoms with van der Waals surface area (Å²) in [5.41, 5.74) is 7.28. The van der Waals surface area contributed by atoms with Crippen molar-refractivity contribution in [1.29, 1.82) is 5.26 Å². The van der Waals surface area contributed by atoms with Crippen molar-refractivity contribution in [2.75, 3.05) is 0 Å². The Morgan fingerprint density at radius 1 is 1.64 bits per heavy atom. The fourth-order valence-corrected chi connectivity index (χ4v) is 1.30. The molecule has 0 radical (unpaired) electrons. The molecule has 0 aromatic heterocycles. The van der Waals surface area contributed by atoms with Crippen LogP contribution in [0, 0.1) is 18.3 Å². The lowest BCUT2D eigenvalue weighted by Gasteiger charge is -2.05. The molecular weight excluding hydrogens is 180 g/mol. The molecule has 1 aromatic carbocycles. The van der Waals surface area contributed by atoms with Crippen LogP contribution in [0.3, 0.4) is 0 Å². The molecule has 4 heteroatoms. The molecule has 0 aliphatic heterocycles. The molecular formula is C10H10N2O2. The predicted molar refractivity (Wildman–Crippen MR) is 50.7 cm³/mol. The van der Waals surface area contributed by atoms with Gasteiger partial charge in [0, 0.05) is 6.54 Å². The monoisotopic (exact) mass is 190 g/mol. The zero-order valence-corrected chi connectivity index (χ0v) is 7.74. The number of aryl methyl sites for hydroxylation is 1. The van der Waals surface area contributed by atoms with E-state index in [0.717, 1.165) is 0 Å². The van der Waals surface area contributed by atoms with Crippen LogP contribution in [-0.4, -0.2) is 11.1 Å². The Bertz CT molecular complexity index is 419. The number of nitrogens with zero attached hydrogens (tertiary/aromatic N) is 1. The topological polar surface area (TPSA) is 87.1 Å². The average molecular weight is 190 g/mol. The summed E-state index contributed by atoms with van der Waals surface area (Å²) < 4.78 is 0. The van der Waals surface area contributed by atoms with Gasteiger partial charge >= 0.3 is 5.97 Å². The molecule has 0 fully saturated rings. The summed E-state index contributed by atoms with van der Waals surface area (Å²) in [4.78, 5) is 10.7. The van der Waals surface area contributed by atoms with Crippen LogP contribution >= 0.6 is 0 Å². The molecule has 0 aliphatic rings. The number of nitrogens with two attached hydrogens (primary N) is 1. The number of carbonyl (C=O) groups is 1. The standard InChI is InChI=1S/C10H10N2O2/c1-6-2-7(10(13)14)3-8(4-11)9(6)5-12/h2-3H,4,11H2,1H3,(H,13,14). The highest BCUT2D eigenvalue weighted by molar-refractivity contribution is 5.88. The van der Waals surface area contributed by atoms with Gasteiger partial charge in [0.1, 0.15) is 0 Å². The number of benzene rings is 1. The van der Waals surface area contributed by atoms with E-state index in [0.29, 0.717) is 16.7 Å². The van der Waals surface area contributed by atoms with Gasteiger partial charge in [0.15, 0.2) is 0 Å². The van der Waals surface area contributed by atoms with Gasteiger partial charge in [-0.1, -0.05) is 0 Å². The molecule has 4 nitrogen and oxygen atoms in total. The molecule has 72 valence electrons. The second kappa shape index (κ2) is 3.90. The molecule has 14 heavy (non-hydrogen) atoms. The van der Waals surface area contributed by atoms with E-state index in [4.69, 9.17) is 16.1 Å². The zero-order chi connectivity index (χ0) is 10.7. The van der Waals surface area contributed by atoms with Gasteiger partial charge in [-0.25, -0.2) is 4.79 Å². The van der Waals surface area contributed by atoms with Gasteiger partial charge in [-0.15, -0.1) is 0 Å². The maximum atomic E-state index is 10.7. The number of aromatic carboxylic acids is 1. The zero-order valence-electron chi connectivity index (χ0n) is 7.74. The third-order valence-electron chi connectivity index (χ3n) is 2.00. The van der Waals surface area contributed by atoms with Crippen molar-refractivity contribution in [2.24, 2.45) is 5.73 Å². The van der Waals surface area contributed by atoms with Crippen molar-refractivity contribution in [3.63, 3.8) is 0 Å². The van der Waals surface area contributed by atoms with Gasteiger partial charge in [-0.3, -0.25) is 0 Å². The summed E-state index contributed by atoms with van der Waals surface area (Å²) in [6, 6.07) is 4.92. The molecule has 1 aromatic rings. The number of hydrogen-bond acceptors (Lipinski definition) is 3. The van der Waals surface area contributed by atoms with Crippen LogP contribution < -0.4 is 5.73 Å². The summed E-state index contributed by atoms with van der Waals surface area (Å²) in [6.07, 6.45) is 0. The molecule has 3 N–H and O–H groups in total. The van der Waals surface area contributed by atoms with Crippen LogP contribution in [0.15, 0.2) is 12.1 Å². The third kappa shape index (κ3) is 1.73. The molecule has 0 bridgehead atoms. The lowest BCUT2D eigenvalue weighted by Crippen LogP contribution is -2.05. The van der Waals surface area contributed by atoms with Gasteiger partial charge in [-0.2, -0.15) is 5.26 Å². The highest BCUT2D eigenvalue weighted by atomic mass is 16.4. The molecule has 0 saturated heterocycles. The quantitative estimate of drug-likeness (QED) is 0.728. The predicted octanol–water partition coefficient (Wildman–Crippen LogP) is 1.02. The summed E-state index contributed by atoms with van der Waals surface area (Å²) >= 11 is 0. The average Bonchev–Trinajstić information content (AvgIpc) is 2.16. The van der Waals surface area contributed by atoms with Crippen molar-refractivity contribution in [3.8, 4) is 6.07 Å². The third-order valence-corrected chi connectivity index (χ3v) is 2.00. The number of carboxylic acids is 1. The van der Waals surface area contributed by atoms with Gasteiger partial charge < -0.3 is 10.8 Å². The van der Waals surface area contributed by atoms with E-state index in [2.05, 4.69) is 0 Å². The first-order valence-corrected chi connectivity index (χ1v) is 4.07. The maximum absolute atomic E-state index is 10.7. The highest BCUT2D eigenvalue weighted by Crippen LogP contribution is 2.16. The molecule has 0 aliphatic carbocycles. The van der Waals surface area contributed by atoms with E-state index in [1.54, 1.807) is 6.92 Å². The second-order valence-corrected chi connectivity index (χ2v) is 2.95. The van der Waals surface area contributed by atoms with E-state index in [-0.39, 0.29) is 12.1 Å². The van der Waals surface area contributed by atoms with Crippen LogP contribution in [0.5, 0.6) is 0 Å². The Labute approximate surface area is 81.6 Å². The number of carboxylic acid groups (broad SMARTS) is 1. The second-order valence-electron chi connectivity index (χ2n) is 2.95. The maximum Gasteiger partial charge on any atom is 0.335 e. The lowest BCUT2D eigenvalue weighted by molar-refractivity contribution is 0.0696. The van der Waals surface area contributed by atoms with Crippen molar-refractivity contribution >= 4 is 5.97 Å². The van der Waals surface area contributed by atoms with E-state index in [1.807, 2.05) is 6.07 Å². The number of rotatable bonds is 2.